The van der Waals surface area contributed by atoms with Crippen molar-refractivity contribution in [2.24, 2.45) is 0 Å². The molecule has 3 nitrogen and oxygen atoms in total. The summed E-state index contributed by atoms with van der Waals surface area (Å²) < 4.78 is 11.1. The summed E-state index contributed by atoms with van der Waals surface area (Å²) in [5, 5.41) is 0. The van der Waals surface area contributed by atoms with E-state index in [2.05, 4.69) is 37.3 Å². The van der Waals surface area contributed by atoms with E-state index in [1.165, 1.54) is 25.7 Å². The fourth-order valence-electron chi connectivity index (χ4n) is 2.72. The molecule has 0 radical (unpaired) electrons. The van der Waals surface area contributed by atoms with Crippen molar-refractivity contribution in [3.63, 3.8) is 0 Å². The first kappa shape index (κ1) is 18.0. The number of hydrogen-bond acceptors (Lipinski definition) is 3. The minimum Gasteiger partial charge on any atom is -0.458 e. The van der Waals surface area contributed by atoms with Gasteiger partial charge in [0.15, 0.2) is 0 Å². The summed E-state index contributed by atoms with van der Waals surface area (Å²) in [5.74, 6) is -0.0911. The Morgan fingerprint density at radius 1 is 1.22 bits per heavy atom. The standard InChI is InChI=1S/C20H30O3/c1-2-3-4-5-6-10-13-18-19(23-18)16-15-17-12-9-7-8-11-14-20(21)22-17/h6-7,9-10,15-19H,2-5,8,11-14H2,1H3/b9-7-,10-6-,16-15+/t17-,18-,19+/m0/s1. The molecule has 0 N–H and O–H groups in total. The number of allylic oxidation sites excluding steroid dienone is 2. The highest BCUT2D eigenvalue weighted by Gasteiger charge is 2.35. The lowest BCUT2D eigenvalue weighted by Crippen LogP contribution is -2.15. The molecule has 0 unspecified atom stereocenters. The number of hydrogen-bond donors (Lipinski definition) is 0. The van der Waals surface area contributed by atoms with E-state index in [1.807, 2.05) is 6.08 Å². The SMILES string of the molecule is CCCCC/C=C\C[C@@H]1O[C@@H]1/C=C/[C@@H]1C/C=C\CCCC(=O)O1. The maximum Gasteiger partial charge on any atom is 0.306 e. The molecule has 2 aliphatic heterocycles. The van der Waals surface area contributed by atoms with E-state index in [4.69, 9.17) is 9.47 Å². The van der Waals surface area contributed by atoms with E-state index >= 15 is 0 Å². The summed E-state index contributed by atoms with van der Waals surface area (Å²) >= 11 is 0. The van der Waals surface area contributed by atoms with Gasteiger partial charge < -0.3 is 9.47 Å². The zero-order chi connectivity index (χ0) is 16.3. The summed E-state index contributed by atoms with van der Waals surface area (Å²) in [5.41, 5.74) is 0. The molecule has 2 aliphatic rings. The Kier molecular flexibility index (Phi) is 8.16. The number of carbonyl (C=O) groups excluding carboxylic acids is 1. The van der Waals surface area contributed by atoms with Crippen LogP contribution in [0.1, 0.15) is 64.7 Å². The minimum atomic E-state index is -0.147. The highest BCUT2D eigenvalue weighted by molar-refractivity contribution is 5.69. The molecule has 1 fully saturated rings. The van der Waals surface area contributed by atoms with Crippen LogP contribution in [-0.2, 0) is 14.3 Å². The van der Waals surface area contributed by atoms with Crippen molar-refractivity contribution in [3.05, 3.63) is 36.5 Å². The van der Waals surface area contributed by atoms with Crippen LogP contribution in [0.5, 0.6) is 0 Å². The van der Waals surface area contributed by atoms with Crippen molar-refractivity contribution in [2.75, 3.05) is 0 Å². The van der Waals surface area contributed by atoms with Crippen LogP contribution in [-0.4, -0.2) is 24.3 Å². The molecule has 0 aliphatic carbocycles. The molecular weight excluding hydrogens is 288 g/mol. The summed E-state index contributed by atoms with van der Waals surface area (Å²) in [6, 6.07) is 0. The van der Waals surface area contributed by atoms with E-state index in [0.29, 0.717) is 12.5 Å². The zero-order valence-electron chi connectivity index (χ0n) is 14.3. The highest BCUT2D eigenvalue weighted by Crippen LogP contribution is 2.27. The van der Waals surface area contributed by atoms with E-state index in [-0.39, 0.29) is 18.2 Å². The molecule has 0 aromatic carbocycles. The molecule has 2 heterocycles. The van der Waals surface area contributed by atoms with Gasteiger partial charge in [-0.3, -0.25) is 4.79 Å². The molecule has 2 rings (SSSR count). The average Bonchev–Trinajstić information content (AvgIpc) is 3.27. The second-order valence-corrected chi connectivity index (χ2v) is 6.35. The van der Waals surface area contributed by atoms with Gasteiger partial charge in [-0.15, -0.1) is 0 Å². The lowest BCUT2D eigenvalue weighted by Gasteiger charge is -2.11. The molecule has 0 aromatic rings. The van der Waals surface area contributed by atoms with Crippen LogP contribution in [0.2, 0.25) is 0 Å². The van der Waals surface area contributed by atoms with E-state index in [0.717, 1.165) is 25.7 Å². The highest BCUT2D eigenvalue weighted by atomic mass is 16.6. The van der Waals surface area contributed by atoms with Gasteiger partial charge in [0.1, 0.15) is 12.2 Å². The lowest BCUT2D eigenvalue weighted by atomic mass is 10.1. The molecule has 0 aromatic heterocycles. The number of ether oxygens (including phenoxy) is 2. The van der Waals surface area contributed by atoms with E-state index < -0.39 is 0 Å². The first-order valence-corrected chi connectivity index (χ1v) is 9.13. The second-order valence-electron chi connectivity index (χ2n) is 6.35. The molecule has 1 saturated heterocycles. The van der Waals surface area contributed by atoms with Gasteiger partial charge in [-0.25, -0.2) is 0 Å². The molecule has 0 bridgehead atoms. The Hall–Kier alpha value is -1.35. The Balaban J connectivity index is 1.66. The van der Waals surface area contributed by atoms with Crippen LogP contribution in [0, 0.1) is 0 Å². The Labute approximate surface area is 140 Å². The monoisotopic (exact) mass is 318 g/mol. The summed E-state index contributed by atoms with van der Waals surface area (Å²) in [6.07, 6.45) is 22.3. The van der Waals surface area contributed by atoms with Crippen LogP contribution in [0.15, 0.2) is 36.5 Å². The number of unbranched alkanes of at least 4 members (excludes halogenated alkanes) is 3. The Morgan fingerprint density at radius 2 is 2.13 bits per heavy atom. The third kappa shape index (κ3) is 7.65. The van der Waals surface area contributed by atoms with Crippen LogP contribution in [0.25, 0.3) is 0 Å². The van der Waals surface area contributed by atoms with Crippen molar-refractivity contribution >= 4 is 5.97 Å². The first-order chi connectivity index (χ1) is 11.3. The normalized spacial score (nSPS) is 30.0. The van der Waals surface area contributed by atoms with Crippen molar-refractivity contribution in [3.8, 4) is 0 Å². The predicted octanol–water partition coefficient (Wildman–Crippen LogP) is 4.88. The summed E-state index contributed by atoms with van der Waals surface area (Å²) in [6.45, 7) is 2.23. The fraction of sp³-hybridized carbons (Fsp3) is 0.650. The minimum absolute atomic E-state index is 0.0911. The number of rotatable bonds is 8. The van der Waals surface area contributed by atoms with Crippen LogP contribution in [0.4, 0.5) is 0 Å². The Bertz CT molecular complexity index is 436. The lowest BCUT2D eigenvalue weighted by molar-refractivity contribution is -0.146. The van der Waals surface area contributed by atoms with E-state index in [9.17, 15) is 4.79 Å². The van der Waals surface area contributed by atoms with Gasteiger partial charge in [0.05, 0.1) is 6.10 Å². The molecule has 0 saturated carbocycles. The molecule has 23 heavy (non-hydrogen) atoms. The van der Waals surface area contributed by atoms with Gasteiger partial charge in [-0.1, -0.05) is 50.1 Å². The number of esters is 1. The molecule has 0 amide bonds. The number of carbonyl (C=O) groups is 1. The molecule has 3 heteroatoms. The first-order valence-electron chi connectivity index (χ1n) is 9.13. The van der Waals surface area contributed by atoms with Crippen LogP contribution < -0.4 is 0 Å². The van der Waals surface area contributed by atoms with Crippen molar-refractivity contribution in [1.82, 2.24) is 0 Å². The van der Waals surface area contributed by atoms with Crippen LogP contribution >= 0.6 is 0 Å². The van der Waals surface area contributed by atoms with Crippen molar-refractivity contribution in [2.45, 2.75) is 83.0 Å². The van der Waals surface area contributed by atoms with Gasteiger partial charge in [-0.05, 0) is 38.2 Å². The number of epoxide rings is 1. The van der Waals surface area contributed by atoms with Gasteiger partial charge in [0.2, 0.25) is 0 Å². The smallest absolute Gasteiger partial charge is 0.306 e. The molecule has 3 atom stereocenters. The van der Waals surface area contributed by atoms with Gasteiger partial charge in [-0.2, -0.15) is 0 Å². The molecule has 0 spiro atoms. The van der Waals surface area contributed by atoms with E-state index in [1.54, 1.807) is 0 Å². The maximum atomic E-state index is 11.6. The molecule has 128 valence electrons. The van der Waals surface area contributed by atoms with Crippen molar-refractivity contribution in [1.29, 1.82) is 0 Å². The van der Waals surface area contributed by atoms with Gasteiger partial charge in [0.25, 0.3) is 0 Å². The van der Waals surface area contributed by atoms with Gasteiger partial charge in [0, 0.05) is 12.8 Å². The zero-order valence-corrected chi connectivity index (χ0v) is 14.3. The van der Waals surface area contributed by atoms with Gasteiger partial charge >= 0.3 is 5.97 Å². The third-order valence-corrected chi connectivity index (χ3v) is 4.22. The third-order valence-electron chi connectivity index (χ3n) is 4.22. The Morgan fingerprint density at radius 3 is 3.00 bits per heavy atom. The maximum absolute atomic E-state index is 11.6. The van der Waals surface area contributed by atoms with Crippen LogP contribution in [0.3, 0.4) is 0 Å². The fourth-order valence-corrected chi connectivity index (χ4v) is 2.72. The summed E-state index contributed by atoms with van der Waals surface area (Å²) in [7, 11) is 0. The predicted molar refractivity (Wildman–Crippen MR) is 93.2 cm³/mol. The topological polar surface area (TPSA) is 38.8 Å². The quantitative estimate of drug-likeness (QED) is 0.277. The van der Waals surface area contributed by atoms with Crippen molar-refractivity contribution < 1.29 is 14.3 Å². The summed E-state index contributed by atoms with van der Waals surface area (Å²) in [4.78, 5) is 11.6. The average molecular weight is 318 g/mol. The largest absolute Gasteiger partial charge is 0.458 e. The number of cyclic esters (lactones) is 1. The second kappa shape index (κ2) is 10.4. The molecular formula is C20H30O3.